The lowest BCUT2D eigenvalue weighted by molar-refractivity contribution is -0.199. The molecule has 3 saturated carbocycles. The van der Waals surface area contributed by atoms with Crippen LogP contribution in [0, 0.1) is 17.3 Å². The number of hydrogen-bond acceptors (Lipinski definition) is 11. The van der Waals surface area contributed by atoms with Crippen LogP contribution in [0.3, 0.4) is 0 Å². The van der Waals surface area contributed by atoms with Crippen LogP contribution in [-0.2, 0) is 46.2 Å². The van der Waals surface area contributed by atoms with E-state index in [2.05, 4.69) is 96.0 Å². The van der Waals surface area contributed by atoms with Crippen LogP contribution in [0.2, 0.25) is 0 Å². The van der Waals surface area contributed by atoms with Gasteiger partial charge in [0.25, 0.3) is 5.91 Å². The number of hydrogen-bond donors (Lipinski definition) is 9. The fourth-order valence-electron chi connectivity index (χ4n) is 9.55. The van der Waals surface area contributed by atoms with Gasteiger partial charge in [-0.3, -0.25) is 24.0 Å². The van der Waals surface area contributed by atoms with Crippen LogP contribution in [0.1, 0.15) is 111 Å². The molecule has 16 nitrogen and oxygen atoms in total. The number of carbonyl (C=O) groups is 5. The van der Waals surface area contributed by atoms with Crippen molar-refractivity contribution in [3.05, 3.63) is 59.7 Å². The van der Waals surface area contributed by atoms with Gasteiger partial charge in [-0.15, -0.1) is 0 Å². The summed E-state index contributed by atoms with van der Waals surface area (Å²) in [6.07, 6.45) is 3.85. The van der Waals surface area contributed by atoms with Crippen LogP contribution in [0.5, 0.6) is 0 Å². The van der Waals surface area contributed by atoms with Crippen LogP contribution in [0.4, 0.5) is 0 Å². The maximum absolute atomic E-state index is 13.7. The molecule has 4 fully saturated rings. The van der Waals surface area contributed by atoms with Crippen LogP contribution >= 0.6 is 0 Å². The fourth-order valence-corrected chi connectivity index (χ4v) is 9.55. The van der Waals surface area contributed by atoms with Gasteiger partial charge in [0.05, 0.1) is 23.8 Å². The number of benzene rings is 2. The zero-order valence-electron chi connectivity index (χ0n) is 38.8. The van der Waals surface area contributed by atoms with E-state index in [1.165, 1.54) is 25.8 Å². The maximum Gasteiger partial charge on any atom is 0.481 e. The maximum atomic E-state index is 13.7. The second-order valence-corrected chi connectivity index (χ2v) is 18.9. The van der Waals surface area contributed by atoms with Crippen molar-refractivity contribution >= 4 is 36.7 Å². The topological polar surface area (TPSA) is 248 Å². The van der Waals surface area contributed by atoms with Gasteiger partial charge in [0.15, 0.2) is 6.17 Å². The van der Waals surface area contributed by atoms with Crippen molar-refractivity contribution in [2.45, 2.75) is 161 Å². The summed E-state index contributed by atoms with van der Waals surface area (Å²) in [5.41, 5.74) is 16.2. The Balaban J connectivity index is 1.10. The molecule has 2 bridgehead atoms. The molecule has 1 saturated heterocycles. The minimum atomic E-state index is -1.65. The smallest absolute Gasteiger partial charge is 0.404 e. The zero-order valence-corrected chi connectivity index (χ0v) is 38.8. The number of rotatable bonds is 24. The molecule has 4 aliphatic rings. The van der Waals surface area contributed by atoms with Crippen molar-refractivity contribution in [3.8, 4) is 11.1 Å². The molecule has 17 heteroatoms. The van der Waals surface area contributed by atoms with Gasteiger partial charge in [0.2, 0.25) is 23.6 Å². The van der Waals surface area contributed by atoms with Crippen molar-refractivity contribution < 1.29 is 38.4 Å². The van der Waals surface area contributed by atoms with Gasteiger partial charge in [0.1, 0.15) is 18.1 Å². The Labute approximate surface area is 379 Å². The number of unbranched alkanes of at least 4 members (excludes halogenated alkanes) is 2. The number of aliphatic hydroxyl groups excluding tert-OH is 1. The highest BCUT2D eigenvalue weighted by Crippen LogP contribution is 2.65. The van der Waals surface area contributed by atoms with Crippen molar-refractivity contribution in [3.63, 3.8) is 0 Å². The molecule has 0 aromatic heterocycles. The van der Waals surface area contributed by atoms with Crippen molar-refractivity contribution in [1.29, 1.82) is 0 Å². The quantitative estimate of drug-likeness (QED) is 0.0421. The predicted octanol–water partition coefficient (Wildman–Crippen LogP) is 2.33. The monoisotopic (exact) mass is 889 g/mol. The summed E-state index contributed by atoms with van der Waals surface area (Å²) < 4.78 is 12.9. The largest absolute Gasteiger partial charge is 0.481 e. The summed E-state index contributed by atoms with van der Waals surface area (Å²) >= 11 is 0. The van der Waals surface area contributed by atoms with E-state index in [9.17, 15) is 29.1 Å². The van der Waals surface area contributed by atoms with Gasteiger partial charge in [-0.05, 0) is 125 Å². The van der Waals surface area contributed by atoms with E-state index in [-0.39, 0.29) is 24.4 Å². The second kappa shape index (κ2) is 22.7. The highest BCUT2D eigenvalue weighted by molar-refractivity contribution is 6.47. The minimum absolute atomic E-state index is 0.0667. The van der Waals surface area contributed by atoms with E-state index < -0.39 is 78.6 Å². The van der Waals surface area contributed by atoms with E-state index in [1.807, 2.05) is 12.1 Å². The molecule has 3 aliphatic carbocycles. The molecule has 1 heterocycles. The normalized spacial score (nSPS) is 23.5. The molecule has 10 atom stereocenters. The van der Waals surface area contributed by atoms with Gasteiger partial charge < -0.3 is 57.8 Å². The second-order valence-electron chi connectivity index (χ2n) is 18.9. The van der Waals surface area contributed by atoms with Crippen molar-refractivity contribution in [1.82, 2.24) is 31.9 Å². The molecular weight excluding hydrogens is 815 g/mol. The molecule has 64 heavy (non-hydrogen) atoms. The average Bonchev–Trinajstić information content (AvgIpc) is 3.63. The SMILES string of the molecule is CCCCc1ccc(-c2ccc(CNCCC(NC(C)=O)C(=O)NC(C(=O)NC(N)C(=O)NC(CCCCN)C(=O)NC(C)B3OC4CC5CC(C5(C)C)C4(C)O3)C(C)O)cc2)cc1. The average molecular weight is 889 g/mol. The first kappa shape index (κ1) is 50.6. The van der Waals surface area contributed by atoms with E-state index in [4.69, 9.17) is 20.8 Å². The molecule has 0 spiro atoms. The first-order chi connectivity index (χ1) is 30.4. The number of nitrogens with two attached hydrogens (primary N) is 2. The van der Waals surface area contributed by atoms with E-state index in [0.29, 0.717) is 44.3 Å². The Morgan fingerprint density at radius 2 is 1.42 bits per heavy atom. The standard InChI is InChI=1S/C47H73BN8O8/c1-8-9-12-31-14-18-33(19-15-31)34-20-16-32(17-21-34)27-51-24-22-37(53-30(4)58)43(60)55-40(28(2)57)44(61)56-41(50)45(62)54-36(13-10-11-23-49)42(59)52-29(3)48-63-39-26-35-25-38(46(35,5)6)47(39,7)64-48/h14-21,28-29,35-41,51,57H,8-13,22-27,49-50H2,1-7H3,(H,52,59)(H,53,58)(H,54,62)(H,55,60)(H,56,61). The van der Waals surface area contributed by atoms with Crippen molar-refractivity contribution in [2.24, 2.45) is 28.7 Å². The molecule has 5 amide bonds. The number of nitrogens with one attached hydrogen (secondary N) is 6. The third-order valence-corrected chi connectivity index (χ3v) is 13.7. The molecule has 6 rings (SSSR count). The van der Waals surface area contributed by atoms with Gasteiger partial charge in [-0.2, -0.15) is 0 Å². The van der Waals surface area contributed by atoms with E-state index in [0.717, 1.165) is 42.4 Å². The Bertz CT molecular complexity index is 1900. The van der Waals surface area contributed by atoms with Gasteiger partial charge in [-0.1, -0.05) is 75.7 Å². The number of aryl methyl sites for hydroxylation is 1. The Kier molecular flexibility index (Phi) is 17.9. The predicted molar refractivity (Wildman–Crippen MR) is 247 cm³/mol. The first-order valence-electron chi connectivity index (χ1n) is 23.2. The molecule has 10 unspecified atom stereocenters. The van der Waals surface area contributed by atoms with Crippen LogP contribution in [-0.4, -0.2) is 103 Å². The summed E-state index contributed by atoms with van der Waals surface area (Å²) in [5, 5.41) is 26.9. The van der Waals surface area contributed by atoms with Gasteiger partial charge in [0, 0.05) is 13.5 Å². The molecule has 11 N–H and O–H groups in total. The number of amides is 5. The third kappa shape index (κ3) is 12.7. The van der Waals surface area contributed by atoms with Crippen molar-refractivity contribution in [2.75, 3.05) is 13.1 Å². The minimum Gasteiger partial charge on any atom is -0.404 e. The fraction of sp³-hybridized carbons (Fsp3) is 0.638. The molecule has 0 radical (unpaired) electrons. The van der Waals surface area contributed by atoms with Gasteiger partial charge >= 0.3 is 7.12 Å². The number of aliphatic hydroxyl groups is 1. The van der Waals surface area contributed by atoms with E-state index in [1.54, 1.807) is 6.92 Å². The lowest BCUT2D eigenvalue weighted by Gasteiger charge is -2.64. The third-order valence-electron chi connectivity index (χ3n) is 13.7. The highest BCUT2D eigenvalue weighted by atomic mass is 16.7. The summed E-state index contributed by atoms with van der Waals surface area (Å²) in [7, 11) is -0.669. The Morgan fingerprint density at radius 1 is 0.797 bits per heavy atom. The zero-order chi connectivity index (χ0) is 46.8. The lowest BCUT2D eigenvalue weighted by Crippen LogP contribution is -2.65. The molecule has 1 aliphatic heterocycles. The highest BCUT2D eigenvalue weighted by Gasteiger charge is 2.68. The van der Waals surface area contributed by atoms with Crippen LogP contribution < -0.4 is 43.4 Å². The van der Waals surface area contributed by atoms with E-state index >= 15 is 0 Å². The molecule has 2 aromatic rings. The Morgan fingerprint density at radius 3 is 2.02 bits per heavy atom. The molecule has 352 valence electrons. The first-order valence-corrected chi connectivity index (χ1v) is 23.2. The Hall–Kier alpha value is -4.39. The number of carbonyl (C=O) groups excluding carboxylic acids is 5. The molecular formula is C47H73BN8O8. The lowest BCUT2D eigenvalue weighted by atomic mass is 9.43. The summed E-state index contributed by atoms with van der Waals surface area (Å²) in [5.74, 6) is -3.05. The van der Waals surface area contributed by atoms with Crippen LogP contribution in [0.25, 0.3) is 11.1 Å². The molecule has 2 aromatic carbocycles. The van der Waals surface area contributed by atoms with Gasteiger partial charge in [-0.25, -0.2) is 0 Å². The summed E-state index contributed by atoms with van der Waals surface area (Å²) in [4.78, 5) is 66.0. The summed E-state index contributed by atoms with van der Waals surface area (Å²) in [6.45, 7) is 14.5. The van der Waals surface area contributed by atoms with Crippen LogP contribution in [0.15, 0.2) is 48.5 Å². The summed E-state index contributed by atoms with van der Waals surface area (Å²) in [6, 6.07) is 13.2.